The largest absolute Gasteiger partial charge is 0.483 e. The van der Waals surface area contributed by atoms with Crippen LogP contribution in [0.1, 0.15) is 50.3 Å². The zero-order valence-electron chi connectivity index (χ0n) is 19.4. The Kier molecular flexibility index (Phi) is 9.85. The first-order valence-corrected chi connectivity index (χ1v) is 11.7. The fraction of sp³-hybridized carbons (Fsp3) is 0.440. The van der Waals surface area contributed by atoms with Crippen LogP contribution in [0.2, 0.25) is 10.0 Å². The third kappa shape index (κ3) is 6.63. The molecule has 0 saturated carbocycles. The fourth-order valence-corrected chi connectivity index (χ4v) is 3.83. The van der Waals surface area contributed by atoms with Crippen molar-refractivity contribution in [3.8, 4) is 5.75 Å². The van der Waals surface area contributed by atoms with E-state index in [0.717, 1.165) is 17.5 Å². The Morgan fingerprint density at radius 2 is 1.66 bits per heavy atom. The van der Waals surface area contributed by atoms with Gasteiger partial charge in [0.05, 0.1) is 0 Å². The van der Waals surface area contributed by atoms with Crippen LogP contribution in [-0.4, -0.2) is 35.4 Å². The third-order valence-electron chi connectivity index (χ3n) is 5.68. The molecule has 0 saturated heterocycles. The highest BCUT2D eigenvalue weighted by atomic mass is 35.5. The first kappa shape index (κ1) is 26.0. The maximum Gasteiger partial charge on any atom is 0.261 e. The molecule has 0 spiro atoms. The molecule has 0 aliphatic carbocycles. The van der Waals surface area contributed by atoms with E-state index >= 15 is 0 Å². The van der Waals surface area contributed by atoms with E-state index in [0.29, 0.717) is 27.8 Å². The summed E-state index contributed by atoms with van der Waals surface area (Å²) in [5.41, 5.74) is 2.65. The normalized spacial score (nSPS) is 12.7. The summed E-state index contributed by atoms with van der Waals surface area (Å²) in [5, 5.41) is 3.88. The lowest BCUT2D eigenvalue weighted by Gasteiger charge is -2.32. The Balaban J connectivity index is 2.32. The number of carbonyl (C=O) groups is 2. The van der Waals surface area contributed by atoms with E-state index in [-0.39, 0.29) is 31.0 Å². The molecular formula is C25H32Cl2N2O3. The number of benzene rings is 2. The van der Waals surface area contributed by atoms with Crippen molar-refractivity contribution < 1.29 is 14.3 Å². The number of aryl methyl sites for hydroxylation is 1. The lowest BCUT2D eigenvalue weighted by atomic mass is 10.1. The van der Waals surface area contributed by atoms with Crippen molar-refractivity contribution in [1.82, 2.24) is 10.2 Å². The van der Waals surface area contributed by atoms with Crippen molar-refractivity contribution in [1.29, 1.82) is 0 Å². The highest BCUT2D eigenvalue weighted by molar-refractivity contribution is 6.36. The van der Waals surface area contributed by atoms with Crippen LogP contribution in [0.4, 0.5) is 0 Å². The van der Waals surface area contributed by atoms with Gasteiger partial charge in [-0.25, -0.2) is 0 Å². The molecule has 2 atom stereocenters. The van der Waals surface area contributed by atoms with Gasteiger partial charge >= 0.3 is 0 Å². The molecule has 0 aromatic heterocycles. The highest BCUT2D eigenvalue weighted by Crippen LogP contribution is 2.27. The number of halogens is 2. The lowest BCUT2D eigenvalue weighted by molar-refractivity contribution is -0.143. The van der Waals surface area contributed by atoms with E-state index in [4.69, 9.17) is 27.9 Å². The number of amides is 2. The minimum atomic E-state index is -0.675. The van der Waals surface area contributed by atoms with E-state index in [1.807, 2.05) is 52.8 Å². The number of nitrogens with one attached hydrogen (secondary N) is 1. The highest BCUT2D eigenvalue weighted by Gasteiger charge is 2.30. The van der Waals surface area contributed by atoms with Crippen molar-refractivity contribution in [3.05, 3.63) is 63.1 Å². The van der Waals surface area contributed by atoms with Crippen molar-refractivity contribution in [2.45, 2.75) is 66.1 Å². The molecule has 174 valence electrons. The van der Waals surface area contributed by atoms with Gasteiger partial charge in [0, 0.05) is 28.2 Å². The lowest BCUT2D eigenvalue weighted by Crippen LogP contribution is -2.51. The summed E-state index contributed by atoms with van der Waals surface area (Å²) in [6.07, 6.45) is 1.24. The number of hydrogen-bond donors (Lipinski definition) is 1. The monoisotopic (exact) mass is 478 g/mol. The van der Waals surface area contributed by atoms with Gasteiger partial charge in [0.15, 0.2) is 6.61 Å². The molecule has 2 amide bonds. The van der Waals surface area contributed by atoms with E-state index in [1.54, 1.807) is 18.2 Å². The Bertz CT molecular complexity index is 929. The second-order valence-corrected chi connectivity index (χ2v) is 8.76. The summed E-state index contributed by atoms with van der Waals surface area (Å²) in [6.45, 7) is 9.66. The minimum absolute atomic E-state index is 0.00333. The molecule has 0 radical (unpaired) electrons. The number of ether oxygens (including phenoxy) is 1. The van der Waals surface area contributed by atoms with Crippen molar-refractivity contribution >= 4 is 35.0 Å². The molecule has 0 fully saturated rings. The molecule has 1 N–H and O–H groups in total. The average molecular weight is 479 g/mol. The summed E-state index contributed by atoms with van der Waals surface area (Å²) in [5.74, 6) is 0.129. The van der Waals surface area contributed by atoms with Gasteiger partial charge in [-0.1, -0.05) is 55.2 Å². The van der Waals surface area contributed by atoms with Gasteiger partial charge in [0.2, 0.25) is 5.91 Å². The second kappa shape index (κ2) is 12.1. The molecule has 5 nitrogen and oxygen atoms in total. The standard InChI is InChI=1S/C25H32Cl2N2O3/c1-6-17(4)28-25(31)22(7-2)29(14-19-20(26)11-9-12-21(19)27)24(30)15-32-23-13-8-10-16(3)18(23)5/h8-13,17,22H,6-7,14-15H2,1-5H3,(H,28,31). The van der Waals surface area contributed by atoms with Crippen LogP contribution in [0.25, 0.3) is 0 Å². The van der Waals surface area contributed by atoms with Crippen LogP contribution in [0.5, 0.6) is 5.75 Å². The first-order valence-electron chi connectivity index (χ1n) is 10.9. The number of carbonyl (C=O) groups excluding carboxylic acids is 2. The van der Waals surface area contributed by atoms with Gasteiger partial charge in [-0.3, -0.25) is 9.59 Å². The molecular weight excluding hydrogens is 447 g/mol. The molecule has 0 heterocycles. The Morgan fingerprint density at radius 3 is 2.25 bits per heavy atom. The third-order valence-corrected chi connectivity index (χ3v) is 6.39. The predicted octanol–water partition coefficient (Wildman–Crippen LogP) is 5.71. The quantitative estimate of drug-likeness (QED) is 0.475. The molecule has 2 aromatic rings. The molecule has 2 unspecified atom stereocenters. The van der Waals surface area contributed by atoms with Crippen molar-refractivity contribution in [3.63, 3.8) is 0 Å². The summed E-state index contributed by atoms with van der Waals surface area (Å²) >= 11 is 12.7. The first-order chi connectivity index (χ1) is 15.2. The Hall–Kier alpha value is -2.24. The van der Waals surface area contributed by atoms with Crippen LogP contribution < -0.4 is 10.1 Å². The molecule has 0 aliphatic heterocycles. The van der Waals surface area contributed by atoms with E-state index < -0.39 is 6.04 Å². The Labute approximate surface area is 201 Å². The average Bonchev–Trinajstić information content (AvgIpc) is 2.76. The van der Waals surface area contributed by atoms with E-state index in [9.17, 15) is 9.59 Å². The van der Waals surface area contributed by atoms with Crippen molar-refractivity contribution in [2.75, 3.05) is 6.61 Å². The molecule has 0 bridgehead atoms. The van der Waals surface area contributed by atoms with Gasteiger partial charge in [-0.05, 0) is 62.9 Å². The maximum absolute atomic E-state index is 13.3. The molecule has 2 rings (SSSR count). The van der Waals surface area contributed by atoms with Crippen LogP contribution in [0, 0.1) is 13.8 Å². The van der Waals surface area contributed by atoms with E-state index in [2.05, 4.69) is 5.32 Å². The molecule has 7 heteroatoms. The predicted molar refractivity (Wildman–Crippen MR) is 130 cm³/mol. The van der Waals surface area contributed by atoms with Crippen LogP contribution in [-0.2, 0) is 16.1 Å². The van der Waals surface area contributed by atoms with Crippen LogP contribution >= 0.6 is 23.2 Å². The summed E-state index contributed by atoms with van der Waals surface area (Å²) in [6, 6.07) is 10.2. The van der Waals surface area contributed by atoms with Crippen LogP contribution in [0.15, 0.2) is 36.4 Å². The summed E-state index contributed by atoms with van der Waals surface area (Å²) in [4.78, 5) is 27.9. The molecule has 2 aromatic carbocycles. The molecule has 32 heavy (non-hydrogen) atoms. The van der Waals surface area contributed by atoms with Gasteiger partial charge in [-0.2, -0.15) is 0 Å². The van der Waals surface area contributed by atoms with Gasteiger partial charge in [0.1, 0.15) is 11.8 Å². The fourth-order valence-electron chi connectivity index (χ4n) is 3.32. The maximum atomic E-state index is 13.3. The minimum Gasteiger partial charge on any atom is -0.483 e. The number of hydrogen-bond acceptors (Lipinski definition) is 3. The van der Waals surface area contributed by atoms with E-state index in [1.165, 1.54) is 4.90 Å². The van der Waals surface area contributed by atoms with Gasteiger partial charge in [-0.15, -0.1) is 0 Å². The van der Waals surface area contributed by atoms with Crippen molar-refractivity contribution in [2.24, 2.45) is 0 Å². The number of nitrogens with zero attached hydrogens (tertiary/aromatic N) is 1. The van der Waals surface area contributed by atoms with Gasteiger partial charge in [0.25, 0.3) is 5.91 Å². The summed E-state index contributed by atoms with van der Waals surface area (Å²) < 4.78 is 5.85. The summed E-state index contributed by atoms with van der Waals surface area (Å²) in [7, 11) is 0. The van der Waals surface area contributed by atoms with Crippen LogP contribution in [0.3, 0.4) is 0 Å². The Morgan fingerprint density at radius 1 is 1.03 bits per heavy atom. The SMILES string of the molecule is CCC(C)NC(=O)C(CC)N(Cc1c(Cl)cccc1Cl)C(=O)COc1cccc(C)c1C. The number of rotatable bonds is 10. The van der Waals surface area contributed by atoms with Gasteiger partial charge < -0.3 is 15.0 Å². The zero-order chi connectivity index (χ0) is 23.8. The smallest absolute Gasteiger partial charge is 0.261 e. The molecule has 0 aliphatic rings. The zero-order valence-corrected chi connectivity index (χ0v) is 20.9. The second-order valence-electron chi connectivity index (χ2n) is 7.95. The topological polar surface area (TPSA) is 58.6 Å².